The highest BCUT2D eigenvalue weighted by Gasteiger charge is 2.22. The van der Waals surface area contributed by atoms with Crippen molar-refractivity contribution in [2.75, 3.05) is 25.0 Å². The number of benzene rings is 1. The largest absolute Gasteiger partial charge is 0.451 e. The first-order valence-corrected chi connectivity index (χ1v) is 10.7. The monoisotopic (exact) mass is 410 g/mol. The number of esters is 1. The predicted octanol–water partition coefficient (Wildman–Crippen LogP) is 2.88. The van der Waals surface area contributed by atoms with E-state index in [0.717, 1.165) is 5.56 Å². The molecule has 0 spiro atoms. The SMILES string of the molecule is CCN(CC)S(=O)(=O)c1cccc(NC(=O)COC(=O)c2sccc2C)c1. The third-order valence-electron chi connectivity index (χ3n) is 3.84. The van der Waals surface area contributed by atoms with Crippen LogP contribution in [0.15, 0.2) is 40.6 Å². The lowest BCUT2D eigenvalue weighted by atomic mass is 10.3. The normalized spacial score (nSPS) is 11.4. The maximum absolute atomic E-state index is 12.6. The zero-order valence-electron chi connectivity index (χ0n) is 15.4. The third-order valence-corrected chi connectivity index (χ3v) is 6.89. The molecule has 7 nitrogen and oxygen atoms in total. The van der Waals surface area contributed by atoms with E-state index in [2.05, 4.69) is 5.32 Å². The molecule has 2 aromatic rings. The predicted molar refractivity (Wildman–Crippen MR) is 105 cm³/mol. The fraction of sp³-hybridized carbons (Fsp3) is 0.333. The summed E-state index contributed by atoms with van der Waals surface area (Å²) in [6.45, 7) is 5.56. The van der Waals surface area contributed by atoms with E-state index in [-0.39, 0.29) is 4.90 Å². The van der Waals surface area contributed by atoms with Crippen LogP contribution >= 0.6 is 11.3 Å². The van der Waals surface area contributed by atoms with Gasteiger partial charge in [-0.1, -0.05) is 19.9 Å². The average Bonchev–Trinajstić information content (AvgIpc) is 3.07. The van der Waals surface area contributed by atoms with Crippen LogP contribution in [-0.4, -0.2) is 44.3 Å². The number of carbonyl (C=O) groups excluding carboxylic acids is 2. The third kappa shape index (κ3) is 5.15. The van der Waals surface area contributed by atoms with Gasteiger partial charge in [-0.15, -0.1) is 11.3 Å². The Morgan fingerprint density at radius 1 is 1.19 bits per heavy atom. The smallest absolute Gasteiger partial charge is 0.349 e. The van der Waals surface area contributed by atoms with Crippen molar-refractivity contribution in [2.45, 2.75) is 25.7 Å². The molecule has 1 amide bonds. The minimum absolute atomic E-state index is 0.0928. The number of hydrogen-bond donors (Lipinski definition) is 1. The number of nitrogens with zero attached hydrogens (tertiary/aromatic N) is 1. The summed E-state index contributed by atoms with van der Waals surface area (Å²) in [6.07, 6.45) is 0. The fourth-order valence-electron chi connectivity index (χ4n) is 2.42. The van der Waals surface area contributed by atoms with Crippen molar-refractivity contribution >= 4 is 38.9 Å². The molecular formula is C18H22N2O5S2. The van der Waals surface area contributed by atoms with E-state index in [1.165, 1.54) is 27.8 Å². The van der Waals surface area contributed by atoms with E-state index < -0.39 is 28.5 Å². The second kappa shape index (κ2) is 9.12. The summed E-state index contributed by atoms with van der Waals surface area (Å²) in [5.41, 5.74) is 1.11. The first kappa shape index (κ1) is 21.1. The molecule has 0 aliphatic heterocycles. The molecule has 0 bridgehead atoms. The second-order valence-electron chi connectivity index (χ2n) is 5.67. The lowest BCUT2D eigenvalue weighted by molar-refractivity contribution is -0.119. The number of carbonyl (C=O) groups is 2. The Hall–Kier alpha value is -2.23. The van der Waals surface area contributed by atoms with Crippen molar-refractivity contribution in [1.29, 1.82) is 0 Å². The van der Waals surface area contributed by atoms with Crippen LogP contribution in [0.3, 0.4) is 0 Å². The number of amides is 1. The number of rotatable bonds is 8. The molecule has 0 aliphatic carbocycles. The molecule has 146 valence electrons. The Bertz CT molecular complexity index is 917. The van der Waals surface area contributed by atoms with Gasteiger partial charge in [0.1, 0.15) is 4.88 Å². The number of anilines is 1. The number of ether oxygens (including phenoxy) is 1. The minimum Gasteiger partial charge on any atom is -0.451 e. The molecule has 1 N–H and O–H groups in total. The molecule has 2 rings (SSSR count). The Kier molecular flexibility index (Phi) is 7.11. The number of aryl methyl sites for hydroxylation is 1. The first-order chi connectivity index (χ1) is 12.8. The lowest BCUT2D eigenvalue weighted by Gasteiger charge is -2.18. The van der Waals surface area contributed by atoms with Crippen molar-refractivity contribution in [2.24, 2.45) is 0 Å². The highest BCUT2D eigenvalue weighted by molar-refractivity contribution is 7.89. The van der Waals surface area contributed by atoms with E-state index in [1.807, 2.05) is 0 Å². The van der Waals surface area contributed by atoms with Crippen LogP contribution in [0.1, 0.15) is 29.1 Å². The quantitative estimate of drug-likeness (QED) is 0.676. The van der Waals surface area contributed by atoms with Gasteiger partial charge in [-0.25, -0.2) is 13.2 Å². The number of sulfonamides is 1. The van der Waals surface area contributed by atoms with Gasteiger partial charge in [0.05, 0.1) is 4.90 Å². The van der Waals surface area contributed by atoms with Crippen molar-refractivity contribution in [3.63, 3.8) is 0 Å². The van der Waals surface area contributed by atoms with Crippen LogP contribution in [0.5, 0.6) is 0 Å². The van der Waals surface area contributed by atoms with Gasteiger partial charge in [0.25, 0.3) is 5.91 Å². The lowest BCUT2D eigenvalue weighted by Crippen LogP contribution is -2.30. The second-order valence-corrected chi connectivity index (χ2v) is 8.53. The molecule has 0 saturated heterocycles. The van der Waals surface area contributed by atoms with Crippen molar-refractivity contribution < 1.29 is 22.7 Å². The molecule has 0 radical (unpaired) electrons. The van der Waals surface area contributed by atoms with E-state index in [9.17, 15) is 18.0 Å². The summed E-state index contributed by atoms with van der Waals surface area (Å²) >= 11 is 1.25. The Morgan fingerprint density at radius 3 is 2.48 bits per heavy atom. The van der Waals surface area contributed by atoms with Crippen molar-refractivity contribution in [3.05, 3.63) is 46.2 Å². The zero-order valence-corrected chi connectivity index (χ0v) is 17.0. The maximum Gasteiger partial charge on any atom is 0.349 e. The van der Waals surface area contributed by atoms with E-state index in [1.54, 1.807) is 44.4 Å². The average molecular weight is 411 g/mol. The van der Waals surface area contributed by atoms with Gasteiger partial charge in [0, 0.05) is 18.8 Å². The molecule has 0 fully saturated rings. The number of hydrogen-bond acceptors (Lipinski definition) is 6. The molecule has 1 aromatic carbocycles. The van der Waals surface area contributed by atoms with E-state index >= 15 is 0 Å². The topological polar surface area (TPSA) is 92.8 Å². The van der Waals surface area contributed by atoms with Crippen LogP contribution in [0.4, 0.5) is 5.69 Å². The van der Waals surface area contributed by atoms with Gasteiger partial charge < -0.3 is 10.1 Å². The molecular weight excluding hydrogens is 388 g/mol. The summed E-state index contributed by atoms with van der Waals surface area (Å²) in [4.78, 5) is 24.5. The highest BCUT2D eigenvalue weighted by Crippen LogP contribution is 2.20. The maximum atomic E-state index is 12.6. The van der Waals surface area contributed by atoms with Crippen molar-refractivity contribution in [3.8, 4) is 0 Å². The van der Waals surface area contributed by atoms with Gasteiger partial charge >= 0.3 is 5.97 Å². The van der Waals surface area contributed by atoms with Gasteiger partial charge in [0.2, 0.25) is 10.0 Å². The molecule has 0 atom stereocenters. The zero-order chi connectivity index (χ0) is 20.0. The van der Waals surface area contributed by atoms with Crippen molar-refractivity contribution in [1.82, 2.24) is 4.31 Å². The van der Waals surface area contributed by atoms with Gasteiger partial charge in [-0.05, 0) is 42.1 Å². The summed E-state index contributed by atoms with van der Waals surface area (Å²) in [5.74, 6) is -1.11. The minimum atomic E-state index is -3.62. The highest BCUT2D eigenvalue weighted by atomic mass is 32.2. The summed E-state index contributed by atoms with van der Waals surface area (Å²) in [7, 11) is -3.62. The van der Waals surface area contributed by atoms with E-state index in [0.29, 0.717) is 23.7 Å². The molecule has 27 heavy (non-hydrogen) atoms. The van der Waals surface area contributed by atoms with Crippen LogP contribution in [0.2, 0.25) is 0 Å². The van der Waals surface area contributed by atoms with Gasteiger partial charge in [-0.3, -0.25) is 4.79 Å². The molecule has 1 heterocycles. The standard InChI is InChI=1S/C18H22N2O5S2/c1-4-20(5-2)27(23,24)15-8-6-7-14(11-15)19-16(21)12-25-18(22)17-13(3)9-10-26-17/h6-11H,4-5,12H2,1-3H3,(H,19,21). The van der Waals surface area contributed by atoms with Crippen LogP contribution < -0.4 is 5.32 Å². The molecule has 0 aliphatic rings. The Labute approximate surface area is 163 Å². The Morgan fingerprint density at radius 2 is 1.89 bits per heavy atom. The summed E-state index contributed by atoms with van der Waals surface area (Å²) in [5, 5.41) is 4.32. The molecule has 0 unspecified atom stereocenters. The number of thiophene rings is 1. The van der Waals surface area contributed by atoms with Gasteiger partial charge in [-0.2, -0.15) is 4.31 Å². The molecule has 0 saturated carbocycles. The van der Waals surface area contributed by atoms with E-state index in [4.69, 9.17) is 4.74 Å². The Balaban J connectivity index is 2.02. The first-order valence-electron chi connectivity index (χ1n) is 8.40. The summed E-state index contributed by atoms with van der Waals surface area (Å²) < 4.78 is 31.4. The molecule has 9 heteroatoms. The van der Waals surface area contributed by atoms with Gasteiger partial charge in [0.15, 0.2) is 6.61 Å². The fourth-order valence-corrected chi connectivity index (χ4v) is 4.74. The van der Waals surface area contributed by atoms with Crippen LogP contribution in [0.25, 0.3) is 0 Å². The van der Waals surface area contributed by atoms with Crippen LogP contribution in [-0.2, 0) is 19.6 Å². The number of nitrogens with one attached hydrogen (secondary N) is 1. The molecule has 1 aromatic heterocycles. The summed E-state index contributed by atoms with van der Waals surface area (Å²) in [6, 6.07) is 7.78. The van der Waals surface area contributed by atoms with Crippen LogP contribution in [0, 0.1) is 6.92 Å².